The smallest absolute Gasteiger partial charge is 0.248 e. The van der Waals surface area contributed by atoms with Gasteiger partial charge in [0.1, 0.15) is 6.04 Å². The van der Waals surface area contributed by atoms with Gasteiger partial charge in [0, 0.05) is 24.4 Å². The molecule has 0 amide bonds. The maximum Gasteiger partial charge on any atom is 0.248 e. The number of hydrogen-bond acceptors (Lipinski definition) is 5. The Kier molecular flexibility index (Phi) is 3.08. The molecule has 20 heavy (non-hydrogen) atoms. The Labute approximate surface area is 116 Å². The second-order valence-corrected chi connectivity index (χ2v) is 4.75. The first-order valence-corrected chi connectivity index (χ1v) is 6.28. The Bertz CT molecular complexity index is 713. The van der Waals surface area contributed by atoms with Crippen LogP contribution in [-0.2, 0) is 7.05 Å². The molecule has 6 heteroatoms. The minimum atomic E-state index is -0.463. The minimum Gasteiger partial charge on any atom is -0.337 e. The van der Waals surface area contributed by atoms with Gasteiger partial charge in [-0.15, -0.1) is 0 Å². The zero-order valence-electron chi connectivity index (χ0n) is 11.3. The third-order valence-corrected chi connectivity index (χ3v) is 3.10. The van der Waals surface area contributed by atoms with Crippen molar-refractivity contribution >= 4 is 0 Å². The van der Waals surface area contributed by atoms with E-state index < -0.39 is 6.04 Å². The summed E-state index contributed by atoms with van der Waals surface area (Å²) in [5.41, 5.74) is 9.03. The molecule has 2 heterocycles. The number of rotatable bonds is 3. The lowest BCUT2D eigenvalue weighted by Crippen LogP contribution is -2.11. The van der Waals surface area contributed by atoms with E-state index in [1.54, 1.807) is 10.9 Å². The lowest BCUT2D eigenvalue weighted by molar-refractivity contribution is 0.367. The maximum atomic E-state index is 6.10. The van der Waals surface area contributed by atoms with E-state index in [1.807, 2.05) is 44.4 Å². The van der Waals surface area contributed by atoms with Crippen molar-refractivity contribution in [2.45, 2.75) is 13.0 Å². The largest absolute Gasteiger partial charge is 0.337 e. The number of hydrogen-bond donors (Lipinski definition) is 1. The molecule has 0 aliphatic rings. The average molecular weight is 269 g/mol. The highest BCUT2D eigenvalue weighted by atomic mass is 16.5. The predicted octanol–water partition coefficient (Wildman–Crippen LogP) is 1.83. The van der Waals surface area contributed by atoms with Crippen molar-refractivity contribution in [3.05, 3.63) is 53.7 Å². The number of aryl methyl sites for hydroxylation is 2. The molecule has 0 aliphatic heterocycles. The van der Waals surface area contributed by atoms with Gasteiger partial charge in [-0.05, 0) is 6.92 Å². The van der Waals surface area contributed by atoms with Crippen LogP contribution in [-0.4, -0.2) is 19.9 Å². The van der Waals surface area contributed by atoms with Crippen molar-refractivity contribution in [2.24, 2.45) is 12.8 Å². The fourth-order valence-corrected chi connectivity index (χ4v) is 1.92. The van der Waals surface area contributed by atoms with E-state index in [-0.39, 0.29) is 0 Å². The highest BCUT2D eigenvalue weighted by Gasteiger charge is 2.18. The molecule has 0 saturated carbocycles. The van der Waals surface area contributed by atoms with Crippen molar-refractivity contribution in [3.63, 3.8) is 0 Å². The van der Waals surface area contributed by atoms with E-state index in [0.717, 1.165) is 11.1 Å². The molecule has 0 saturated heterocycles. The summed E-state index contributed by atoms with van der Waals surface area (Å²) in [5.74, 6) is 0.924. The van der Waals surface area contributed by atoms with E-state index >= 15 is 0 Å². The zero-order valence-corrected chi connectivity index (χ0v) is 11.3. The second kappa shape index (κ2) is 4.90. The summed E-state index contributed by atoms with van der Waals surface area (Å²) in [4.78, 5) is 4.36. The van der Waals surface area contributed by atoms with E-state index in [9.17, 15) is 0 Å². The van der Waals surface area contributed by atoms with Crippen molar-refractivity contribution in [1.82, 2.24) is 19.9 Å². The molecule has 1 atom stereocenters. The van der Waals surface area contributed by atoms with Crippen LogP contribution in [0.15, 0.2) is 41.2 Å². The fourth-order valence-electron chi connectivity index (χ4n) is 1.92. The first-order valence-electron chi connectivity index (χ1n) is 6.28. The predicted molar refractivity (Wildman–Crippen MR) is 73.7 cm³/mol. The molecule has 3 aromatic rings. The van der Waals surface area contributed by atoms with Crippen LogP contribution in [0.5, 0.6) is 0 Å². The molecule has 0 spiro atoms. The molecule has 6 nitrogen and oxygen atoms in total. The lowest BCUT2D eigenvalue weighted by atomic mass is 10.1. The summed E-state index contributed by atoms with van der Waals surface area (Å²) in [6.07, 6.45) is 3.53. The molecule has 1 aromatic carbocycles. The molecule has 1 unspecified atom stereocenters. The highest BCUT2D eigenvalue weighted by Crippen LogP contribution is 2.21. The van der Waals surface area contributed by atoms with Crippen LogP contribution < -0.4 is 5.73 Å². The maximum absolute atomic E-state index is 6.10. The van der Waals surface area contributed by atoms with Gasteiger partial charge in [0.05, 0.1) is 6.20 Å². The summed E-state index contributed by atoms with van der Waals surface area (Å²) < 4.78 is 6.94. The van der Waals surface area contributed by atoms with Crippen LogP contribution in [0.25, 0.3) is 11.4 Å². The van der Waals surface area contributed by atoms with Crippen LogP contribution in [0, 0.1) is 6.92 Å². The van der Waals surface area contributed by atoms with Crippen LogP contribution in [0.4, 0.5) is 0 Å². The topological polar surface area (TPSA) is 82.8 Å². The Morgan fingerprint density at radius 1 is 1.25 bits per heavy atom. The highest BCUT2D eigenvalue weighted by molar-refractivity contribution is 5.54. The van der Waals surface area contributed by atoms with Gasteiger partial charge >= 0.3 is 0 Å². The number of nitrogens with zero attached hydrogens (tertiary/aromatic N) is 4. The minimum absolute atomic E-state index is 0.383. The normalized spacial score (nSPS) is 12.6. The SMILES string of the molecule is Cc1ccc(-c2noc(C(N)c3cnn(C)c3)n2)cc1. The van der Waals surface area contributed by atoms with Crippen LogP contribution in [0.2, 0.25) is 0 Å². The van der Waals surface area contributed by atoms with Gasteiger partial charge < -0.3 is 10.3 Å². The average Bonchev–Trinajstić information content (AvgIpc) is 3.08. The fraction of sp³-hybridized carbons (Fsp3) is 0.214. The summed E-state index contributed by atoms with van der Waals surface area (Å²) in [6, 6.07) is 7.47. The summed E-state index contributed by atoms with van der Waals surface area (Å²) >= 11 is 0. The van der Waals surface area contributed by atoms with Crippen LogP contribution in [0.3, 0.4) is 0 Å². The monoisotopic (exact) mass is 269 g/mol. The molecule has 3 rings (SSSR count). The van der Waals surface area contributed by atoms with Gasteiger partial charge in [-0.25, -0.2) is 0 Å². The Hall–Kier alpha value is -2.47. The van der Waals surface area contributed by atoms with Gasteiger partial charge in [0.2, 0.25) is 11.7 Å². The van der Waals surface area contributed by atoms with Gasteiger partial charge in [-0.1, -0.05) is 35.0 Å². The molecule has 0 radical (unpaired) electrons. The first-order chi connectivity index (χ1) is 9.63. The third kappa shape index (κ3) is 2.33. The molecule has 2 aromatic heterocycles. The molecule has 0 bridgehead atoms. The zero-order chi connectivity index (χ0) is 14.1. The molecular formula is C14H15N5O. The molecule has 0 fully saturated rings. The Morgan fingerprint density at radius 3 is 2.65 bits per heavy atom. The van der Waals surface area contributed by atoms with E-state index in [1.165, 1.54) is 5.56 Å². The lowest BCUT2D eigenvalue weighted by Gasteiger charge is -2.01. The van der Waals surface area contributed by atoms with E-state index in [4.69, 9.17) is 10.3 Å². The molecule has 102 valence electrons. The molecular weight excluding hydrogens is 254 g/mol. The van der Waals surface area contributed by atoms with Gasteiger partial charge in [-0.3, -0.25) is 4.68 Å². The van der Waals surface area contributed by atoms with Crippen molar-refractivity contribution in [1.29, 1.82) is 0 Å². The number of aromatic nitrogens is 4. The van der Waals surface area contributed by atoms with Crippen molar-refractivity contribution in [3.8, 4) is 11.4 Å². The van der Waals surface area contributed by atoms with Crippen LogP contribution in [0.1, 0.15) is 23.1 Å². The first kappa shape index (κ1) is 12.6. The van der Waals surface area contributed by atoms with Crippen molar-refractivity contribution < 1.29 is 4.52 Å². The molecule has 0 aliphatic carbocycles. The van der Waals surface area contributed by atoms with Crippen LogP contribution >= 0.6 is 0 Å². The van der Waals surface area contributed by atoms with E-state index in [2.05, 4.69) is 15.2 Å². The number of benzene rings is 1. The van der Waals surface area contributed by atoms with Gasteiger partial charge in [0.15, 0.2) is 0 Å². The quantitative estimate of drug-likeness (QED) is 0.784. The summed E-state index contributed by atoms with van der Waals surface area (Å²) in [6.45, 7) is 2.03. The molecule has 2 N–H and O–H groups in total. The standard InChI is InChI=1S/C14H15N5O/c1-9-3-5-10(6-4-9)13-17-14(20-18-13)12(15)11-7-16-19(2)8-11/h3-8,12H,15H2,1-2H3. The van der Waals surface area contributed by atoms with Gasteiger partial charge in [-0.2, -0.15) is 10.1 Å². The Morgan fingerprint density at radius 2 is 2.00 bits per heavy atom. The van der Waals surface area contributed by atoms with E-state index in [0.29, 0.717) is 11.7 Å². The Balaban J connectivity index is 1.88. The second-order valence-electron chi connectivity index (χ2n) is 4.75. The van der Waals surface area contributed by atoms with Crippen molar-refractivity contribution in [2.75, 3.05) is 0 Å². The number of nitrogens with two attached hydrogens (primary N) is 1. The summed E-state index contributed by atoms with van der Waals surface area (Å²) in [7, 11) is 1.84. The summed E-state index contributed by atoms with van der Waals surface area (Å²) in [5, 5.41) is 8.06. The van der Waals surface area contributed by atoms with Gasteiger partial charge in [0.25, 0.3) is 0 Å². The third-order valence-electron chi connectivity index (χ3n) is 3.10.